The molecular weight excluding hydrogens is 350 g/mol. The second-order valence-corrected chi connectivity index (χ2v) is 4.93. The smallest absolute Gasteiger partial charge is 0.396 e. The fourth-order valence-electron chi connectivity index (χ4n) is 2.01. The molecule has 26 heavy (non-hydrogen) atoms. The number of nitrogens with one attached hydrogen (secondary N) is 2. The summed E-state index contributed by atoms with van der Waals surface area (Å²) in [6.45, 7) is 1.98. The summed E-state index contributed by atoms with van der Waals surface area (Å²) in [4.78, 5) is 55.7. The van der Waals surface area contributed by atoms with E-state index in [1.807, 2.05) is 4.90 Å². The SMILES string of the molecule is COC(=O)C(=O)Nc1cc(N2CCOCC2)nc(NC(=O)C(=O)OC)n1. The summed E-state index contributed by atoms with van der Waals surface area (Å²) in [6, 6.07) is 1.42. The van der Waals surface area contributed by atoms with Crippen molar-refractivity contribution in [2.75, 3.05) is 56.1 Å². The van der Waals surface area contributed by atoms with Gasteiger partial charge in [0.2, 0.25) is 5.95 Å². The van der Waals surface area contributed by atoms with Crippen LogP contribution in [0.5, 0.6) is 0 Å². The summed E-state index contributed by atoms with van der Waals surface area (Å²) in [6.07, 6.45) is 0. The van der Waals surface area contributed by atoms with E-state index in [4.69, 9.17) is 4.74 Å². The van der Waals surface area contributed by atoms with Gasteiger partial charge in [-0.15, -0.1) is 0 Å². The molecule has 2 N–H and O–H groups in total. The Morgan fingerprint density at radius 1 is 1.00 bits per heavy atom. The van der Waals surface area contributed by atoms with Gasteiger partial charge in [0, 0.05) is 19.2 Å². The van der Waals surface area contributed by atoms with Crippen LogP contribution < -0.4 is 15.5 Å². The first-order valence-electron chi connectivity index (χ1n) is 7.45. The van der Waals surface area contributed by atoms with Crippen LogP contribution in [-0.4, -0.2) is 74.2 Å². The number of morpholine rings is 1. The van der Waals surface area contributed by atoms with Gasteiger partial charge < -0.3 is 24.4 Å². The molecule has 1 aliphatic rings. The molecule has 0 unspecified atom stereocenters. The molecular formula is C14H17N5O7. The van der Waals surface area contributed by atoms with Gasteiger partial charge >= 0.3 is 23.8 Å². The summed E-state index contributed by atoms with van der Waals surface area (Å²) >= 11 is 0. The highest BCUT2D eigenvalue weighted by molar-refractivity contribution is 6.37. The van der Waals surface area contributed by atoms with E-state index < -0.39 is 23.8 Å². The number of aromatic nitrogens is 2. The van der Waals surface area contributed by atoms with Crippen molar-refractivity contribution in [3.05, 3.63) is 6.07 Å². The normalized spacial score (nSPS) is 13.5. The minimum atomic E-state index is -1.13. The Balaban J connectivity index is 2.28. The third-order valence-electron chi connectivity index (χ3n) is 3.26. The maximum Gasteiger partial charge on any atom is 0.396 e. The van der Waals surface area contributed by atoms with Crippen molar-refractivity contribution in [1.82, 2.24) is 9.97 Å². The molecule has 0 atom stereocenters. The lowest BCUT2D eigenvalue weighted by Gasteiger charge is -2.28. The molecule has 0 aromatic carbocycles. The molecule has 12 nitrogen and oxygen atoms in total. The van der Waals surface area contributed by atoms with Crippen LogP contribution >= 0.6 is 0 Å². The fraction of sp³-hybridized carbons (Fsp3) is 0.429. The summed E-state index contributed by atoms with van der Waals surface area (Å²) in [7, 11) is 2.11. The van der Waals surface area contributed by atoms with Gasteiger partial charge in [0.15, 0.2) is 0 Å². The molecule has 0 radical (unpaired) electrons. The third kappa shape index (κ3) is 4.86. The van der Waals surface area contributed by atoms with Gasteiger partial charge in [-0.3, -0.25) is 14.9 Å². The molecule has 0 saturated carbocycles. The second-order valence-electron chi connectivity index (χ2n) is 4.93. The van der Waals surface area contributed by atoms with Gasteiger partial charge in [-0.1, -0.05) is 0 Å². The van der Waals surface area contributed by atoms with Crippen molar-refractivity contribution in [3.63, 3.8) is 0 Å². The fourth-order valence-corrected chi connectivity index (χ4v) is 2.01. The molecule has 0 spiro atoms. The zero-order valence-corrected chi connectivity index (χ0v) is 14.1. The zero-order chi connectivity index (χ0) is 19.1. The van der Waals surface area contributed by atoms with Crippen molar-refractivity contribution in [1.29, 1.82) is 0 Å². The van der Waals surface area contributed by atoms with Crippen molar-refractivity contribution in [2.45, 2.75) is 0 Å². The zero-order valence-electron chi connectivity index (χ0n) is 14.1. The van der Waals surface area contributed by atoms with Gasteiger partial charge in [0.1, 0.15) is 11.6 Å². The number of carbonyl (C=O) groups is 4. The average Bonchev–Trinajstić information content (AvgIpc) is 2.66. The van der Waals surface area contributed by atoms with E-state index in [-0.39, 0.29) is 11.8 Å². The van der Waals surface area contributed by atoms with Gasteiger partial charge in [-0.05, 0) is 0 Å². The summed E-state index contributed by atoms with van der Waals surface area (Å²) in [5.74, 6) is -4.33. The van der Waals surface area contributed by atoms with Crippen LogP contribution in [0.4, 0.5) is 17.6 Å². The minimum Gasteiger partial charge on any atom is -0.462 e. The topological polar surface area (TPSA) is 149 Å². The van der Waals surface area contributed by atoms with Gasteiger partial charge in [0.05, 0.1) is 27.4 Å². The minimum absolute atomic E-state index is 0.0583. The molecule has 2 amide bonds. The number of carbonyl (C=O) groups excluding carboxylic acids is 4. The summed E-state index contributed by atoms with van der Waals surface area (Å²) < 4.78 is 13.9. The molecule has 2 rings (SSSR count). The number of hydrogen-bond donors (Lipinski definition) is 2. The van der Waals surface area contributed by atoms with Crippen LogP contribution in [-0.2, 0) is 33.4 Å². The van der Waals surface area contributed by atoms with Crippen LogP contribution in [0, 0.1) is 0 Å². The Morgan fingerprint density at radius 2 is 1.58 bits per heavy atom. The Bertz CT molecular complexity index is 669. The van der Waals surface area contributed by atoms with E-state index in [2.05, 4.69) is 30.1 Å². The van der Waals surface area contributed by atoms with Crippen LogP contribution in [0.25, 0.3) is 0 Å². The Morgan fingerprint density at radius 3 is 2.15 bits per heavy atom. The Labute approximate surface area is 147 Å². The molecule has 1 aliphatic heterocycles. The number of methoxy groups -OCH3 is 2. The van der Waals surface area contributed by atoms with E-state index >= 15 is 0 Å². The lowest BCUT2D eigenvalue weighted by molar-refractivity contribution is -0.150. The Kier molecular flexibility index (Phi) is 6.38. The van der Waals surface area contributed by atoms with E-state index in [0.717, 1.165) is 14.2 Å². The summed E-state index contributed by atoms with van der Waals surface area (Å²) in [5, 5.41) is 4.41. The number of ether oxygens (including phenoxy) is 3. The lowest BCUT2D eigenvalue weighted by Crippen LogP contribution is -2.37. The lowest BCUT2D eigenvalue weighted by atomic mass is 10.4. The number of anilines is 3. The van der Waals surface area contributed by atoms with Crippen LogP contribution in [0.2, 0.25) is 0 Å². The van der Waals surface area contributed by atoms with E-state index in [9.17, 15) is 19.2 Å². The first-order valence-corrected chi connectivity index (χ1v) is 7.45. The maximum atomic E-state index is 11.7. The van der Waals surface area contributed by atoms with E-state index in [0.29, 0.717) is 32.1 Å². The highest BCUT2D eigenvalue weighted by atomic mass is 16.5. The molecule has 0 bridgehead atoms. The second kappa shape index (κ2) is 8.71. The first kappa shape index (κ1) is 19.1. The van der Waals surface area contributed by atoms with Gasteiger partial charge in [0.25, 0.3) is 0 Å². The van der Waals surface area contributed by atoms with Crippen molar-refractivity contribution >= 4 is 41.3 Å². The monoisotopic (exact) mass is 367 g/mol. The van der Waals surface area contributed by atoms with Crippen molar-refractivity contribution in [3.8, 4) is 0 Å². The molecule has 0 aliphatic carbocycles. The largest absolute Gasteiger partial charge is 0.462 e. The molecule has 1 saturated heterocycles. The van der Waals surface area contributed by atoms with E-state index in [1.54, 1.807) is 0 Å². The molecule has 12 heteroatoms. The maximum absolute atomic E-state index is 11.7. The molecule has 1 aromatic rings. The van der Waals surface area contributed by atoms with Crippen LogP contribution in [0.15, 0.2) is 6.07 Å². The van der Waals surface area contributed by atoms with E-state index in [1.165, 1.54) is 6.07 Å². The highest BCUT2D eigenvalue weighted by Gasteiger charge is 2.21. The highest BCUT2D eigenvalue weighted by Crippen LogP contribution is 2.19. The standard InChI is InChI=1S/C14H17N5O7/c1-24-12(22)10(20)15-8-7-9(19-3-5-26-6-4-19)17-14(16-8)18-11(21)13(23)25-2/h7H,3-6H2,1-2H3,(H2,15,16,17,18,20,21). The van der Waals surface area contributed by atoms with Crippen LogP contribution in [0.3, 0.4) is 0 Å². The predicted molar refractivity (Wildman–Crippen MR) is 86.4 cm³/mol. The number of nitrogens with zero attached hydrogens (tertiary/aromatic N) is 3. The van der Waals surface area contributed by atoms with Crippen molar-refractivity contribution < 1.29 is 33.4 Å². The van der Waals surface area contributed by atoms with Gasteiger partial charge in [-0.25, -0.2) is 9.59 Å². The number of hydrogen-bond acceptors (Lipinski definition) is 10. The number of rotatable bonds is 3. The molecule has 2 heterocycles. The molecule has 1 aromatic heterocycles. The predicted octanol–water partition coefficient (Wildman–Crippen LogP) is -1.46. The van der Waals surface area contributed by atoms with Crippen molar-refractivity contribution in [2.24, 2.45) is 0 Å². The summed E-state index contributed by atoms with van der Waals surface area (Å²) in [5.41, 5.74) is 0. The Hall–Kier alpha value is -3.28. The quantitative estimate of drug-likeness (QED) is 0.479. The molecule has 140 valence electrons. The first-order chi connectivity index (χ1) is 12.4. The third-order valence-corrected chi connectivity index (χ3v) is 3.26. The number of esters is 2. The average molecular weight is 367 g/mol. The number of amides is 2. The van der Waals surface area contributed by atoms with Crippen LogP contribution in [0.1, 0.15) is 0 Å². The van der Waals surface area contributed by atoms with Gasteiger partial charge in [-0.2, -0.15) is 9.97 Å². The molecule has 1 fully saturated rings.